The van der Waals surface area contributed by atoms with Crippen LogP contribution in [-0.4, -0.2) is 23.5 Å². The Labute approximate surface area is 227 Å². The smallest absolute Gasteiger partial charge is 0.335 e. The lowest BCUT2D eigenvalue weighted by atomic mass is 9.79. The molecule has 0 unspecified atom stereocenters. The number of rotatable bonds is 8. The van der Waals surface area contributed by atoms with Crippen molar-refractivity contribution in [3.05, 3.63) is 94.6 Å². The molecule has 0 heterocycles. The van der Waals surface area contributed by atoms with Gasteiger partial charge in [0.25, 0.3) is 0 Å². The topological polar surface area (TPSA) is 63.6 Å². The lowest BCUT2D eigenvalue weighted by Crippen LogP contribution is -2.18. The Morgan fingerprint density at radius 1 is 0.842 bits per heavy atom. The molecule has 0 aliphatic rings. The molecule has 0 saturated heterocycles. The molecule has 0 fully saturated rings. The Morgan fingerprint density at radius 3 is 1.95 bits per heavy atom. The molecule has 0 aliphatic carbocycles. The number of ketones is 1. The van der Waals surface area contributed by atoms with Crippen molar-refractivity contribution in [2.45, 2.75) is 66.2 Å². The summed E-state index contributed by atoms with van der Waals surface area (Å²) in [7, 11) is 0. The fraction of sp³-hybridized carbons (Fsp3) is 0.353. The highest BCUT2D eigenvalue weighted by Gasteiger charge is 2.26. The first-order chi connectivity index (χ1) is 17.7. The van der Waals surface area contributed by atoms with Gasteiger partial charge in [0.1, 0.15) is 5.75 Å². The number of hydrogen-bond donors (Lipinski definition) is 1. The van der Waals surface area contributed by atoms with Gasteiger partial charge in [0.15, 0.2) is 5.78 Å². The monoisotopic (exact) mass is 512 g/mol. The van der Waals surface area contributed by atoms with E-state index in [0.29, 0.717) is 18.1 Å². The van der Waals surface area contributed by atoms with Gasteiger partial charge in [0, 0.05) is 11.1 Å². The molecule has 1 N–H and O–H groups in total. The van der Waals surface area contributed by atoms with Gasteiger partial charge in [-0.3, -0.25) is 4.79 Å². The summed E-state index contributed by atoms with van der Waals surface area (Å²) in [6, 6.07) is 18.8. The average Bonchev–Trinajstić information content (AvgIpc) is 2.84. The van der Waals surface area contributed by atoms with Crippen molar-refractivity contribution in [2.24, 2.45) is 5.92 Å². The van der Waals surface area contributed by atoms with Gasteiger partial charge in [-0.05, 0) is 69.3 Å². The van der Waals surface area contributed by atoms with Crippen LogP contribution < -0.4 is 4.74 Å². The van der Waals surface area contributed by atoms with E-state index < -0.39 is 5.97 Å². The summed E-state index contributed by atoms with van der Waals surface area (Å²) < 4.78 is 6.32. The van der Waals surface area contributed by atoms with Crippen LogP contribution in [0.15, 0.2) is 66.7 Å². The van der Waals surface area contributed by atoms with Crippen LogP contribution in [0.4, 0.5) is 0 Å². The number of aromatic carboxylic acids is 1. The number of carbonyl (C=O) groups is 2. The second-order valence-electron chi connectivity index (χ2n) is 12.3. The third kappa shape index (κ3) is 7.22. The Hall–Kier alpha value is -3.66. The van der Waals surface area contributed by atoms with E-state index in [9.17, 15) is 9.59 Å². The van der Waals surface area contributed by atoms with Gasteiger partial charge in [0.05, 0.1) is 12.2 Å². The molecule has 0 spiro atoms. The van der Waals surface area contributed by atoms with Gasteiger partial charge in [-0.2, -0.15) is 0 Å². The molecule has 0 saturated carbocycles. The summed E-state index contributed by atoms with van der Waals surface area (Å²) in [6.07, 6.45) is 3.23. The predicted octanol–water partition coefficient (Wildman–Crippen LogP) is 8.58. The molecule has 0 atom stereocenters. The van der Waals surface area contributed by atoms with Gasteiger partial charge in [0.2, 0.25) is 0 Å². The van der Waals surface area contributed by atoms with Gasteiger partial charge in [-0.15, -0.1) is 0 Å². The number of allylic oxidation sites excluding steroid dienone is 1. The van der Waals surface area contributed by atoms with Crippen molar-refractivity contribution in [3.8, 4) is 16.9 Å². The fourth-order valence-corrected chi connectivity index (χ4v) is 4.28. The minimum Gasteiger partial charge on any atom is -0.493 e. The standard InChI is InChI=1S/C34H40O4/c1-22(2)21-38-30-20-26(29(35)18-11-23-9-12-25(13-10-23)32(36)37)19-28(31(30)34(6,7)8)24-14-16-27(17-15-24)33(3,4)5/h9-20,22H,21H2,1-8H3,(H,36,37)/b18-11+. The highest BCUT2D eigenvalue weighted by molar-refractivity contribution is 6.08. The number of benzene rings is 3. The Bertz CT molecular complexity index is 1310. The maximum absolute atomic E-state index is 13.4. The molecular weight excluding hydrogens is 472 g/mol. The lowest BCUT2D eigenvalue weighted by Gasteiger charge is -2.28. The fourth-order valence-electron chi connectivity index (χ4n) is 4.28. The van der Waals surface area contributed by atoms with E-state index in [0.717, 1.165) is 28.0 Å². The summed E-state index contributed by atoms with van der Waals surface area (Å²) in [5.74, 6) is -0.0567. The average molecular weight is 513 g/mol. The third-order valence-electron chi connectivity index (χ3n) is 6.36. The van der Waals surface area contributed by atoms with Crippen LogP contribution in [0, 0.1) is 5.92 Å². The zero-order valence-electron chi connectivity index (χ0n) is 23.9. The Kier molecular flexibility index (Phi) is 8.66. The van der Waals surface area contributed by atoms with E-state index in [4.69, 9.17) is 9.84 Å². The molecule has 4 heteroatoms. The van der Waals surface area contributed by atoms with Crippen molar-refractivity contribution in [1.29, 1.82) is 0 Å². The first kappa shape index (κ1) is 28.9. The molecule has 38 heavy (non-hydrogen) atoms. The minimum absolute atomic E-state index is 0.0438. The predicted molar refractivity (Wildman–Crippen MR) is 156 cm³/mol. The Morgan fingerprint density at radius 2 is 1.45 bits per heavy atom. The molecule has 4 nitrogen and oxygen atoms in total. The molecular formula is C34H40O4. The van der Waals surface area contributed by atoms with E-state index in [1.807, 2.05) is 12.1 Å². The molecule has 0 aromatic heterocycles. The molecule has 3 aromatic carbocycles. The van der Waals surface area contributed by atoms with Crippen LogP contribution in [-0.2, 0) is 10.8 Å². The number of carboxylic acids is 1. The second kappa shape index (κ2) is 11.4. The van der Waals surface area contributed by atoms with Crippen LogP contribution in [0.5, 0.6) is 5.75 Å². The molecule has 3 aromatic rings. The zero-order valence-corrected chi connectivity index (χ0v) is 23.9. The quantitative estimate of drug-likeness (QED) is 0.242. The number of ether oxygens (including phenoxy) is 1. The van der Waals surface area contributed by atoms with E-state index in [-0.39, 0.29) is 22.2 Å². The summed E-state index contributed by atoms with van der Waals surface area (Å²) in [5.41, 5.74) is 5.69. The van der Waals surface area contributed by atoms with Crippen LogP contribution >= 0.6 is 0 Å². The largest absolute Gasteiger partial charge is 0.493 e. The van der Waals surface area contributed by atoms with E-state index >= 15 is 0 Å². The zero-order chi connectivity index (χ0) is 28.3. The number of carboxylic acid groups (broad SMARTS) is 1. The van der Waals surface area contributed by atoms with E-state index in [1.54, 1.807) is 18.2 Å². The minimum atomic E-state index is -0.979. The number of hydrogen-bond acceptors (Lipinski definition) is 3. The summed E-state index contributed by atoms with van der Waals surface area (Å²) >= 11 is 0. The van der Waals surface area contributed by atoms with Crippen molar-refractivity contribution in [2.75, 3.05) is 6.61 Å². The first-order valence-electron chi connectivity index (χ1n) is 13.1. The van der Waals surface area contributed by atoms with Crippen LogP contribution in [0.25, 0.3) is 17.2 Å². The highest BCUT2D eigenvalue weighted by atomic mass is 16.5. The molecule has 0 bridgehead atoms. The van der Waals surface area contributed by atoms with Gasteiger partial charge in [-0.1, -0.05) is 97.9 Å². The maximum Gasteiger partial charge on any atom is 0.335 e. The van der Waals surface area contributed by atoms with E-state index in [1.165, 1.54) is 23.8 Å². The molecule has 200 valence electrons. The van der Waals surface area contributed by atoms with Crippen molar-refractivity contribution >= 4 is 17.8 Å². The summed E-state index contributed by atoms with van der Waals surface area (Å²) in [6.45, 7) is 17.9. The Balaban J connectivity index is 2.11. The van der Waals surface area contributed by atoms with Crippen molar-refractivity contribution in [1.82, 2.24) is 0 Å². The van der Waals surface area contributed by atoms with Gasteiger partial charge < -0.3 is 9.84 Å². The maximum atomic E-state index is 13.4. The van der Waals surface area contributed by atoms with Gasteiger partial charge >= 0.3 is 5.97 Å². The molecule has 3 rings (SSSR count). The SMILES string of the molecule is CC(C)COc1cc(C(=O)/C=C/c2ccc(C(=O)O)cc2)cc(-c2ccc(C(C)(C)C)cc2)c1C(C)(C)C. The van der Waals surface area contributed by atoms with E-state index in [2.05, 4.69) is 79.7 Å². The van der Waals surface area contributed by atoms with Crippen molar-refractivity contribution in [3.63, 3.8) is 0 Å². The first-order valence-corrected chi connectivity index (χ1v) is 13.1. The molecule has 0 radical (unpaired) electrons. The van der Waals surface area contributed by atoms with Crippen LogP contribution in [0.2, 0.25) is 0 Å². The van der Waals surface area contributed by atoms with Crippen LogP contribution in [0.1, 0.15) is 92.8 Å². The lowest BCUT2D eigenvalue weighted by molar-refractivity contribution is 0.0696. The molecule has 0 amide bonds. The molecule has 0 aliphatic heterocycles. The van der Waals surface area contributed by atoms with Crippen LogP contribution in [0.3, 0.4) is 0 Å². The summed E-state index contributed by atoms with van der Waals surface area (Å²) in [4.78, 5) is 24.5. The summed E-state index contributed by atoms with van der Waals surface area (Å²) in [5, 5.41) is 9.12. The normalized spacial score (nSPS) is 12.2. The van der Waals surface area contributed by atoms with Gasteiger partial charge in [-0.25, -0.2) is 4.79 Å². The highest BCUT2D eigenvalue weighted by Crippen LogP contribution is 2.41. The second-order valence-corrected chi connectivity index (χ2v) is 12.3. The third-order valence-corrected chi connectivity index (χ3v) is 6.36. The van der Waals surface area contributed by atoms with Crippen molar-refractivity contribution < 1.29 is 19.4 Å². The number of carbonyl (C=O) groups excluding carboxylic acids is 1.